The Kier molecular flexibility index (Phi) is 4.35. The zero-order chi connectivity index (χ0) is 20.4. The number of hydrogen-bond acceptors (Lipinski definition) is 7. The Bertz CT molecular complexity index is 1120. The minimum Gasteiger partial charge on any atom is -0.477 e. The van der Waals surface area contributed by atoms with Gasteiger partial charge in [-0.25, -0.2) is 4.79 Å². The first-order valence-electron chi connectivity index (χ1n) is 9.78. The molecule has 4 aliphatic heterocycles. The summed E-state index contributed by atoms with van der Waals surface area (Å²) in [6.45, 7) is 3.43. The van der Waals surface area contributed by atoms with Crippen LogP contribution in [0.2, 0.25) is 0 Å². The van der Waals surface area contributed by atoms with E-state index in [0.717, 1.165) is 44.0 Å². The maximum Gasteiger partial charge on any atom is 0.353 e. The van der Waals surface area contributed by atoms with Gasteiger partial charge in [-0.1, -0.05) is 0 Å². The van der Waals surface area contributed by atoms with Gasteiger partial charge in [0.2, 0.25) is 0 Å². The van der Waals surface area contributed by atoms with Crippen LogP contribution in [0.25, 0.3) is 6.08 Å². The quantitative estimate of drug-likeness (QED) is 0.559. The highest BCUT2D eigenvalue weighted by atomic mass is 32.2. The van der Waals surface area contributed by atoms with Gasteiger partial charge in [-0.3, -0.25) is 9.69 Å². The minimum absolute atomic E-state index is 0.0808. The molecule has 1 fully saturated rings. The highest BCUT2D eigenvalue weighted by Crippen LogP contribution is 2.46. The molecule has 2 aromatic heterocycles. The summed E-state index contributed by atoms with van der Waals surface area (Å²) in [5.41, 5.74) is 3.43. The maximum absolute atomic E-state index is 12.5. The third-order valence-corrected chi connectivity index (χ3v) is 9.43. The number of carbonyl (C=O) groups excluding carboxylic acids is 1. The van der Waals surface area contributed by atoms with Crippen molar-refractivity contribution in [2.45, 2.75) is 31.4 Å². The Morgan fingerprint density at radius 2 is 2.07 bits per heavy atom. The standard InChI is InChI=1S/C21H18N2O4S3/c24-19-14(20-23(19)15(10-28-20)21(25)26)7-13-5-11-8-22(3-1-16(11)29-13)18-6-12-9-27-4-2-17(12)30-18/h5-7,10,20H,1-4,8-9H2,(H,25,26)/b14-7-/t20-/m1/s1. The molecule has 1 atom stereocenters. The number of hydrogen-bond donors (Lipinski definition) is 1. The number of amides is 1. The molecule has 154 valence electrons. The molecule has 4 aliphatic rings. The SMILES string of the molecule is O=C(O)C1=CS[C@@H]2/C(=C\c3cc4c(s3)CCN(c3cc5c(s3)CCOC5)C4)C(=O)N12. The Labute approximate surface area is 185 Å². The number of β-lactam (4-membered cyclic amide) rings is 1. The van der Waals surface area contributed by atoms with E-state index in [4.69, 9.17) is 4.74 Å². The first kappa shape index (κ1) is 18.7. The van der Waals surface area contributed by atoms with Crippen LogP contribution in [0.5, 0.6) is 0 Å². The zero-order valence-electron chi connectivity index (χ0n) is 15.9. The van der Waals surface area contributed by atoms with Crippen molar-refractivity contribution < 1.29 is 19.4 Å². The van der Waals surface area contributed by atoms with Gasteiger partial charge in [-0.2, -0.15) is 0 Å². The van der Waals surface area contributed by atoms with Crippen molar-refractivity contribution in [1.29, 1.82) is 0 Å². The lowest BCUT2D eigenvalue weighted by Crippen LogP contribution is -2.51. The molecular weight excluding hydrogens is 440 g/mol. The summed E-state index contributed by atoms with van der Waals surface area (Å²) in [5, 5.41) is 11.9. The lowest BCUT2D eigenvalue weighted by atomic mass is 10.0. The normalized spacial score (nSPS) is 23.7. The summed E-state index contributed by atoms with van der Waals surface area (Å²) < 4.78 is 5.58. The molecular formula is C21H18N2O4S3. The van der Waals surface area contributed by atoms with Gasteiger partial charge in [0.25, 0.3) is 5.91 Å². The van der Waals surface area contributed by atoms with Crippen LogP contribution in [0, 0.1) is 0 Å². The molecule has 0 saturated carbocycles. The molecule has 1 saturated heterocycles. The second kappa shape index (κ2) is 6.98. The van der Waals surface area contributed by atoms with Crippen LogP contribution < -0.4 is 4.90 Å². The van der Waals surface area contributed by atoms with Gasteiger partial charge in [0, 0.05) is 39.5 Å². The number of nitrogens with zero attached hydrogens (tertiary/aromatic N) is 2. The molecule has 0 aliphatic carbocycles. The Balaban J connectivity index is 1.21. The first-order chi connectivity index (χ1) is 14.6. The number of carbonyl (C=O) groups is 2. The number of fused-ring (bicyclic) bond motifs is 3. The summed E-state index contributed by atoms with van der Waals surface area (Å²) in [5.74, 6) is -1.25. The van der Waals surface area contributed by atoms with Crippen LogP contribution in [0.3, 0.4) is 0 Å². The van der Waals surface area contributed by atoms with E-state index in [1.54, 1.807) is 16.7 Å². The molecule has 9 heteroatoms. The van der Waals surface area contributed by atoms with E-state index in [1.165, 1.54) is 42.5 Å². The van der Waals surface area contributed by atoms with Crippen molar-refractivity contribution in [2.24, 2.45) is 0 Å². The van der Waals surface area contributed by atoms with Gasteiger partial charge in [0.1, 0.15) is 11.1 Å². The average Bonchev–Trinajstić information content (AvgIpc) is 3.45. The molecule has 1 amide bonds. The van der Waals surface area contributed by atoms with E-state index in [2.05, 4.69) is 17.0 Å². The van der Waals surface area contributed by atoms with Crippen molar-refractivity contribution in [3.8, 4) is 0 Å². The predicted octanol–water partition coefficient (Wildman–Crippen LogP) is 3.67. The summed E-state index contributed by atoms with van der Waals surface area (Å²) in [7, 11) is 0. The summed E-state index contributed by atoms with van der Waals surface area (Å²) >= 11 is 5.03. The number of ether oxygens (including phenoxy) is 1. The smallest absolute Gasteiger partial charge is 0.353 e. The topological polar surface area (TPSA) is 70.1 Å². The number of carboxylic acid groups (broad SMARTS) is 1. The third-order valence-electron chi connectivity index (χ3n) is 5.86. The van der Waals surface area contributed by atoms with E-state index < -0.39 is 5.97 Å². The zero-order valence-corrected chi connectivity index (χ0v) is 18.4. The second-order valence-electron chi connectivity index (χ2n) is 7.68. The van der Waals surface area contributed by atoms with Gasteiger partial charge in [0.15, 0.2) is 0 Å². The molecule has 6 rings (SSSR count). The summed E-state index contributed by atoms with van der Waals surface area (Å²) in [6, 6.07) is 4.47. The lowest BCUT2D eigenvalue weighted by molar-refractivity contribution is -0.141. The number of rotatable bonds is 3. The number of anilines is 1. The van der Waals surface area contributed by atoms with Gasteiger partial charge < -0.3 is 14.7 Å². The highest BCUT2D eigenvalue weighted by Gasteiger charge is 2.49. The maximum atomic E-state index is 12.5. The van der Waals surface area contributed by atoms with Crippen molar-refractivity contribution in [3.63, 3.8) is 0 Å². The van der Waals surface area contributed by atoms with Crippen LogP contribution in [0.1, 0.15) is 25.8 Å². The average molecular weight is 459 g/mol. The lowest BCUT2D eigenvalue weighted by Gasteiger charge is -2.37. The van der Waals surface area contributed by atoms with Gasteiger partial charge >= 0.3 is 5.97 Å². The van der Waals surface area contributed by atoms with E-state index in [9.17, 15) is 14.7 Å². The van der Waals surface area contributed by atoms with Crippen LogP contribution in [0.15, 0.2) is 28.8 Å². The van der Waals surface area contributed by atoms with E-state index in [-0.39, 0.29) is 17.0 Å². The fraction of sp³-hybridized carbons (Fsp3) is 0.333. The molecule has 2 aromatic rings. The number of aliphatic carboxylic acids is 1. The van der Waals surface area contributed by atoms with Gasteiger partial charge in [0.05, 0.1) is 23.8 Å². The van der Waals surface area contributed by atoms with Crippen LogP contribution in [-0.4, -0.2) is 40.4 Å². The number of thioether (sulfide) groups is 1. The van der Waals surface area contributed by atoms with Crippen molar-refractivity contribution in [2.75, 3.05) is 18.1 Å². The van der Waals surface area contributed by atoms with E-state index >= 15 is 0 Å². The largest absolute Gasteiger partial charge is 0.477 e. The van der Waals surface area contributed by atoms with Gasteiger partial charge in [-0.15, -0.1) is 34.4 Å². The van der Waals surface area contributed by atoms with Crippen LogP contribution in [-0.2, 0) is 40.3 Å². The number of carboxylic acids is 1. The van der Waals surface area contributed by atoms with Gasteiger partial charge in [-0.05, 0) is 35.8 Å². The summed E-state index contributed by atoms with van der Waals surface area (Å²) in [6.07, 6.45) is 3.97. The predicted molar refractivity (Wildman–Crippen MR) is 119 cm³/mol. The third kappa shape index (κ3) is 2.87. The Hall–Kier alpha value is -2.07. The van der Waals surface area contributed by atoms with Crippen LogP contribution >= 0.6 is 34.4 Å². The van der Waals surface area contributed by atoms with Crippen molar-refractivity contribution in [1.82, 2.24) is 4.90 Å². The van der Waals surface area contributed by atoms with Crippen molar-refractivity contribution >= 4 is 57.4 Å². The van der Waals surface area contributed by atoms with E-state index in [0.29, 0.717) is 5.57 Å². The Morgan fingerprint density at radius 1 is 1.20 bits per heavy atom. The molecule has 0 unspecified atom stereocenters. The molecule has 0 radical (unpaired) electrons. The summed E-state index contributed by atoms with van der Waals surface area (Å²) in [4.78, 5) is 31.4. The van der Waals surface area contributed by atoms with Crippen LogP contribution in [0.4, 0.5) is 5.00 Å². The monoisotopic (exact) mass is 458 g/mol. The fourth-order valence-corrected chi connectivity index (χ4v) is 7.73. The minimum atomic E-state index is -1.05. The molecule has 6 nitrogen and oxygen atoms in total. The van der Waals surface area contributed by atoms with E-state index in [1.807, 2.05) is 17.4 Å². The fourth-order valence-electron chi connectivity index (χ4n) is 4.32. The molecule has 30 heavy (non-hydrogen) atoms. The molecule has 6 heterocycles. The highest BCUT2D eigenvalue weighted by molar-refractivity contribution is 8.03. The second-order valence-corrected chi connectivity index (χ2v) is 10.9. The molecule has 0 aromatic carbocycles. The number of thiophene rings is 2. The van der Waals surface area contributed by atoms with Crippen molar-refractivity contribution in [3.05, 3.63) is 54.6 Å². The Morgan fingerprint density at radius 3 is 2.90 bits per heavy atom. The first-order valence-corrected chi connectivity index (χ1v) is 12.4. The molecule has 0 spiro atoms. The molecule has 1 N–H and O–H groups in total. The molecule has 0 bridgehead atoms.